The van der Waals surface area contributed by atoms with Crippen LogP contribution in [0.4, 0.5) is 22.0 Å². The number of carbonyl (C=O) groups excluding carboxylic acids is 12. The smallest absolute Gasteiger partial charge is 0.343 e. The van der Waals surface area contributed by atoms with Crippen molar-refractivity contribution in [1.29, 1.82) is 0 Å². The Hall–Kier alpha value is -7.98. The largest absolute Gasteiger partial charge is 0.416 e. The number of likely N-dealkylation sites (tertiary alicyclic amines) is 1. The van der Waals surface area contributed by atoms with Crippen molar-refractivity contribution in [3.05, 3.63) is 70.2 Å². The summed E-state index contributed by atoms with van der Waals surface area (Å²) >= 11 is 6.20. The maximum Gasteiger partial charge on any atom is 0.416 e. The maximum absolute atomic E-state index is 15.2. The molecule has 0 unspecified atom stereocenters. The third-order valence-electron chi connectivity index (χ3n) is 18.4. The van der Waals surface area contributed by atoms with Gasteiger partial charge in [0, 0.05) is 80.3 Å². The lowest BCUT2D eigenvalue weighted by Gasteiger charge is -2.37. The number of rotatable bonds is 17. The molecule has 99 heavy (non-hydrogen) atoms. The van der Waals surface area contributed by atoms with Crippen LogP contribution < -0.4 is 21.3 Å². The third-order valence-corrected chi connectivity index (χ3v) is 18.6. The first-order valence-electron chi connectivity index (χ1n) is 33.7. The lowest BCUT2D eigenvalue weighted by atomic mass is 9.97. The quantitative estimate of drug-likeness (QED) is 0.118. The standard InChI is InChI=1S/C69H102ClF5N12O12/c1-15-43(6)60-68(99)82(10)39-58(90)80(8)40-59(91)84(12)54(36-46-24-29-48(70)30-25-46)66(97)81(9)38-56(88)76-49(31-26-45-22-27-47(28-23-45)69(73,74)75)62(93)77-50(34-41(2)3)64(95)85(13)52(20-16-17-21-55(71)72)67(98)86(14)53(35-42(4)5)63(94)78-51(65(96)87-32-18-19-33-87)37-57(89)83(11)44(7)61(92)79-60/h22-25,27-30,41-44,49-55,60H,15-21,26,31-40H2,1-14H3,(H,76,88)(H,77,93)(H,78,94)(H,79,92)/t43-,44-,49-,50-,51-,52-,53-,54-,60-/m0/s1. The van der Waals surface area contributed by atoms with Gasteiger partial charge in [0.15, 0.2) is 0 Å². The van der Waals surface area contributed by atoms with E-state index in [1.54, 1.807) is 65.8 Å². The van der Waals surface area contributed by atoms with Crippen molar-refractivity contribution in [2.45, 2.75) is 193 Å². The first kappa shape index (κ1) is 83.4. The first-order chi connectivity index (χ1) is 46.3. The zero-order valence-corrected chi connectivity index (χ0v) is 60.3. The fourth-order valence-corrected chi connectivity index (χ4v) is 11.9. The highest BCUT2D eigenvalue weighted by atomic mass is 35.5. The van der Waals surface area contributed by atoms with Crippen molar-refractivity contribution in [1.82, 2.24) is 60.5 Å². The van der Waals surface area contributed by atoms with Crippen LogP contribution in [0.1, 0.15) is 136 Å². The van der Waals surface area contributed by atoms with Crippen molar-refractivity contribution in [3.8, 4) is 0 Å². The summed E-state index contributed by atoms with van der Waals surface area (Å²) in [6.45, 7) is 10.5. The Morgan fingerprint density at radius 2 is 1.13 bits per heavy atom. The minimum Gasteiger partial charge on any atom is -0.343 e. The molecule has 2 heterocycles. The molecule has 2 fully saturated rings. The predicted molar refractivity (Wildman–Crippen MR) is 361 cm³/mol. The van der Waals surface area contributed by atoms with Crippen molar-refractivity contribution >= 4 is 82.5 Å². The van der Waals surface area contributed by atoms with Gasteiger partial charge in [0.1, 0.15) is 48.3 Å². The normalized spacial score (nSPS) is 23.7. The number of likely N-dealkylation sites (N-methyl/N-ethyl adjacent to an activating group) is 7. The molecule has 30 heteroatoms. The zero-order valence-electron chi connectivity index (χ0n) is 59.5. The predicted octanol–water partition coefficient (Wildman–Crippen LogP) is 5.17. The number of benzene rings is 2. The highest BCUT2D eigenvalue weighted by molar-refractivity contribution is 6.30. The molecule has 0 bridgehead atoms. The van der Waals surface area contributed by atoms with Crippen molar-refractivity contribution in [2.75, 3.05) is 82.1 Å². The van der Waals surface area contributed by atoms with Gasteiger partial charge in [-0.1, -0.05) is 90.3 Å². The Kier molecular flexibility index (Phi) is 32.5. The monoisotopic (exact) mass is 1420 g/mol. The molecule has 2 aliphatic rings. The number of nitrogens with zero attached hydrogens (tertiary/aromatic N) is 8. The molecular weight excluding hydrogens is 1320 g/mol. The molecule has 0 spiro atoms. The second-order valence-electron chi connectivity index (χ2n) is 27.1. The number of nitrogens with one attached hydrogen (secondary N) is 4. The van der Waals surface area contributed by atoms with E-state index in [1.807, 2.05) is 0 Å². The van der Waals surface area contributed by atoms with Crippen LogP contribution >= 0.6 is 11.6 Å². The fraction of sp³-hybridized carbons (Fsp3) is 0.652. The first-order valence-corrected chi connectivity index (χ1v) is 34.1. The number of carbonyl (C=O) groups is 12. The fourth-order valence-electron chi connectivity index (χ4n) is 11.7. The van der Waals surface area contributed by atoms with Crippen LogP contribution in [0.5, 0.6) is 0 Å². The Bertz CT molecular complexity index is 3120. The van der Waals surface area contributed by atoms with Crippen LogP contribution in [0.25, 0.3) is 0 Å². The summed E-state index contributed by atoms with van der Waals surface area (Å²) < 4.78 is 68.3. The van der Waals surface area contributed by atoms with E-state index < -0.39 is 176 Å². The van der Waals surface area contributed by atoms with E-state index in [2.05, 4.69) is 21.3 Å². The molecule has 0 radical (unpaired) electrons. The molecule has 0 saturated carbocycles. The summed E-state index contributed by atoms with van der Waals surface area (Å²) in [5.41, 5.74) is -0.103. The average Bonchev–Trinajstić information content (AvgIpc) is 1.53. The number of amides is 12. The van der Waals surface area contributed by atoms with Gasteiger partial charge in [-0.15, -0.1) is 0 Å². The minimum atomic E-state index is -4.67. The molecule has 0 aromatic heterocycles. The van der Waals surface area contributed by atoms with E-state index in [0.717, 1.165) is 46.4 Å². The molecule has 4 N–H and O–H groups in total. The van der Waals surface area contributed by atoms with Gasteiger partial charge in [-0.05, 0) is 111 Å². The van der Waals surface area contributed by atoms with Gasteiger partial charge in [0.2, 0.25) is 77.3 Å². The highest BCUT2D eigenvalue weighted by Crippen LogP contribution is 2.30. The Labute approximate surface area is 583 Å². The van der Waals surface area contributed by atoms with Crippen molar-refractivity contribution in [3.63, 3.8) is 0 Å². The van der Waals surface area contributed by atoms with E-state index in [0.29, 0.717) is 48.5 Å². The molecular formula is C69H102ClF5N12O12. The summed E-state index contributed by atoms with van der Waals surface area (Å²) in [6.07, 6.45) is -8.00. The summed E-state index contributed by atoms with van der Waals surface area (Å²) in [4.78, 5) is 184. The van der Waals surface area contributed by atoms with Gasteiger partial charge < -0.3 is 60.5 Å². The molecule has 12 amide bonds. The molecule has 552 valence electrons. The van der Waals surface area contributed by atoms with E-state index in [1.165, 1.54) is 73.3 Å². The molecule has 4 rings (SSSR count). The third kappa shape index (κ3) is 25.0. The van der Waals surface area contributed by atoms with Crippen molar-refractivity contribution in [2.24, 2.45) is 17.8 Å². The minimum absolute atomic E-state index is 0.0274. The second-order valence-corrected chi connectivity index (χ2v) is 27.6. The van der Waals surface area contributed by atoms with E-state index >= 15 is 9.59 Å². The SMILES string of the molecule is CC[C@H](C)[C@@H]1NC(=O)[C@H](C)N(C)C(=O)C[C@@H](C(=O)N2CCCC2)NC(=O)[C@H](CC(C)C)N(C)C(=O)[C@H](CCCCC(F)F)N(C)C(=O)[C@H](CC(C)C)NC(=O)[C@H](CCc2ccc(C(F)(F)F)cc2)NC(=O)CN(C)C(=O)[C@H](Cc2ccc(Cl)cc2)N(C)C(=O)CN(C)C(=O)CN(C)C1=O. The lowest BCUT2D eigenvalue weighted by molar-refractivity contribution is -0.150. The Morgan fingerprint density at radius 3 is 1.70 bits per heavy atom. The number of hydrogen-bond acceptors (Lipinski definition) is 12. The lowest BCUT2D eigenvalue weighted by Crippen LogP contribution is -2.60. The molecule has 2 aliphatic heterocycles. The van der Waals surface area contributed by atoms with Crippen LogP contribution in [0.15, 0.2) is 48.5 Å². The van der Waals surface area contributed by atoms with Crippen molar-refractivity contribution < 1.29 is 79.5 Å². The van der Waals surface area contributed by atoms with Gasteiger partial charge in [-0.25, -0.2) is 8.78 Å². The van der Waals surface area contributed by atoms with Gasteiger partial charge in [0.25, 0.3) is 0 Å². The van der Waals surface area contributed by atoms with E-state index in [-0.39, 0.29) is 63.2 Å². The summed E-state index contributed by atoms with van der Waals surface area (Å²) in [5, 5.41) is 11.2. The number of alkyl halides is 5. The summed E-state index contributed by atoms with van der Waals surface area (Å²) in [5.74, 6) is -10.8. The van der Waals surface area contributed by atoms with Gasteiger partial charge >= 0.3 is 6.18 Å². The van der Waals surface area contributed by atoms with Gasteiger partial charge in [-0.2, -0.15) is 13.2 Å². The molecule has 0 aliphatic carbocycles. The molecule has 24 nitrogen and oxygen atoms in total. The molecule has 2 saturated heterocycles. The molecule has 2 aromatic rings. The Morgan fingerprint density at radius 1 is 0.566 bits per heavy atom. The maximum atomic E-state index is 15.2. The number of hydrogen-bond donors (Lipinski definition) is 4. The number of unbranched alkanes of at least 4 members (excludes halogenated alkanes) is 1. The summed E-state index contributed by atoms with van der Waals surface area (Å²) in [6, 6.07) is -0.935. The van der Waals surface area contributed by atoms with Crippen LogP contribution in [0.3, 0.4) is 0 Å². The van der Waals surface area contributed by atoms with Crippen LogP contribution in [0, 0.1) is 17.8 Å². The highest BCUT2D eigenvalue weighted by Gasteiger charge is 2.42. The number of halogens is 6. The average molecular weight is 1420 g/mol. The van der Waals surface area contributed by atoms with Crippen LogP contribution in [-0.4, -0.2) is 247 Å². The van der Waals surface area contributed by atoms with E-state index in [9.17, 15) is 69.9 Å². The van der Waals surface area contributed by atoms with Gasteiger partial charge in [0.05, 0.1) is 31.6 Å². The van der Waals surface area contributed by atoms with Gasteiger partial charge in [-0.3, -0.25) is 57.5 Å². The number of aryl methyl sites for hydroxylation is 1. The van der Waals surface area contributed by atoms with Crippen LogP contribution in [-0.2, 0) is 76.6 Å². The molecule has 9 atom stereocenters. The second kappa shape index (κ2) is 38.6. The topological polar surface area (TPSA) is 279 Å². The molecule has 2 aromatic carbocycles. The summed E-state index contributed by atoms with van der Waals surface area (Å²) in [7, 11) is 9.08. The van der Waals surface area contributed by atoms with E-state index in [4.69, 9.17) is 11.6 Å². The van der Waals surface area contributed by atoms with Crippen LogP contribution in [0.2, 0.25) is 5.02 Å². The zero-order chi connectivity index (χ0) is 74.5. The Balaban J connectivity index is 1.91.